The molecule has 0 spiro atoms. The highest BCUT2D eigenvalue weighted by Gasteiger charge is 2.50. The summed E-state index contributed by atoms with van der Waals surface area (Å²) in [5, 5.41) is 12.4. The Morgan fingerprint density at radius 1 is 0.182 bits per heavy atom. The summed E-state index contributed by atoms with van der Waals surface area (Å²) in [7, 11) is 0. The molecule has 121 heavy (non-hydrogen) atoms. The van der Waals surface area contributed by atoms with Crippen molar-refractivity contribution in [2.45, 2.75) is 0 Å². The van der Waals surface area contributed by atoms with Gasteiger partial charge in [-0.25, -0.2) is 0 Å². The number of nitrogens with zero attached hydrogens (tertiary/aromatic N) is 6. The summed E-state index contributed by atoms with van der Waals surface area (Å²) >= 11 is 9.40. The van der Waals surface area contributed by atoms with E-state index in [0.29, 0.717) is 0 Å². The molecule has 18 aromatic carbocycles. The van der Waals surface area contributed by atoms with Crippen LogP contribution in [0.1, 0.15) is 0 Å². The monoisotopic (exact) mass is 1630 g/mol. The van der Waals surface area contributed by atoms with Gasteiger partial charge < -0.3 is 29.4 Å². The quantitative estimate of drug-likeness (QED) is 0.126. The topological polar surface area (TPSA) is 19.4 Å². The lowest BCUT2D eigenvalue weighted by Crippen LogP contribution is -2.65. The van der Waals surface area contributed by atoms with E-state index in [1.165, 1.54) is 134 Å². The van der Waals surface area contributed by atoms with Crippen LogP contribution in [-0.2, 0) is 0 Å². The van der Waals surface area contributed by atoms with Gasteiger partial charge in [0.25, 0.3) is 13.4 Å². The van der Waals surface area contributed by atoms with E-state index in [1.807, 2.05) is 56.7 Å². The zero-order valence-electron chi connectivity index (χ0n) is 64.8. The molecular formula is C108H64B2N6S5. The Kier molecular flexibility index (Phi) is 14.7. The molecular weight excluding hydrogens is 1560 g/mol. The van der Waals surface area contributed by atoms with Crippen molar-refractivity contribution in [2.75, 3.05) is 29.4 Å². The third-order valence-electron chi connectivity index (χ3n) is 25.7. The van der Waals surface area contributed by atoms with Gasteiger partial charge in [-0.1, -0.05) is 224 Å². The highest BCUT2D eigenvalue weighted by Crippen LogP contribution is 2.58. The highest BCUT2D eigenvalue weighted by molar-refractivity contribution is 7.28. The number of para-hydroxylation sites is 5. The van der Waals surface area contributed by atoms with Gasteiger partial charge in [-0.15, -0.1) is 56.7 Å². The highest BCUT2D eigenvalue weighted by atomic mass is 32.1. The molecule has 4 aliphatic heterocycles. The Morgan fingerprint density at radius 3 is 0.868 bits per heavy atom. The number of hydrogen-bond donors (Lipinski definition) is 0. The number of hydrogen-bond acceptors (Lipinski definition) is 11. The van der Waals surface area contributed by atoms with E-state index in [-0.39, 0.29) is 13.4 Å². The smallest absolute Gasteiger partial charge is 0.252 e. The molecule has 0 radical (unpaired) electrons. The van der Waals surface area contributed by atoms with Crippen molar-refractivity contribution in [3.63, 3.8) is 0 Å². The third kappa shape index (κ3) is 9.86. The van der Waals surface area contributed by atoms with Crippen molar-refractivity contribution < 1.29 is 0 Å². The molecule has 9 heterocycles. The standard InChI is InChI=1S/C108H64B2N6S5/c1-4-29-65(30-5-1)111(66-31-6-2-7-32-66)68-59-89-106-91(60-68)115(84-47-27-57-100-104(84)74-38-13-22-53-96(74)119-100)87-64-88-79(63-78(87)109(106)76-41-15-17-43-80(76)113(89)82-45-25-55-98-102(82)72-36-11-20-51-94(72)117-98)110-77-42-16-18-44-81(77)114(83-46-26-56-99-103(83)73-37-12-21-52-95(73)118-99)90-61-69(62-92(107(90)110)116(88)85-48-28-58-101-105(85)75-39-14-23-54-97(75)120-101)112(67-33-8-3-9-34-67)86-49-24-40-71-70-35-10-19-50-93(70)121-108(71)86/h1-64H. The van der Waals surface area contributed by atoms with Crippen LogP contribution in [0.2, 0.25) is 0 Å². The zero-order valence-corrected chi connectivity index (χ0v) is 68.9. The summed E-state index contributed by atoms with van der Waals surface area (Å²) in [5.74, 6) is 0. The Bertz CT molecular complexity index is 8300. The second-order valence-corrected chi connectivity index (χ2v) is 37.4. The molecule has 562 valence electrons. The molecule has 5 aromatic heterocycles. The van der Waals surface area contributed by atoms with Crippen LogP contribution in [0.4, 0.5) is 102 Å². The van der Waals surface area contributed by atoms with Crippen molar-refractivity contribution in [1.29, 1.82) is 0 Å². The SMILES string of the molecule is c1ccc(N(c2ccccc2)c2cc3c4c(c2)N(c2cccc5sc6ccccc6c25)c2cc5c(cc2B4c2ccccc2N3c2cccc3sc4ccccc4c23)B2c3ccccc3N(c3cccc4sc6ccccc6c34)c3cc(N(c4ccccc4)c4cccc6c4sc4ccccc46)cc(c32)N5c2cccc3sc4ccccc4c23)cc1. The first kappa shape index (κ1) is 68.0. The third-order valence-corrected chi connectivity index (χ3v) is 31.5. The number of thiophene rings is 5. The van der Waals surface area contributed by atoms with Crippen LogP contribution in [0, 0.1) is 0 Å². The van der Waals surface area contributed by atoms with Crippen LogP contribution >= 0.6 is 56.7 Å². The van der Waals surface area contributed by atoms with Gasteiger partial charge in [-0.05, 0) is 197 Å². The molecule has 0 fully saturated rings. The van der Waals surface area contributed by atoms with Crippen LogP contribution in [0.5, 0.6) is 0 Å². The largest absolute Gasteiger partial charge is 0.311 e. The van der Waals surface area contributed by atoms with E-state index in [9.17, 15) is 0 Å². The number of benzene rings is 18. The Labute approximate surface area is 717 Å². The van der Waals surface area contributed by atoms with Crippen LogP contribution in [0.25, 0.3) is 101 Å². The maximum atomic E-state index is 2.75. The van der Waals surface area contributed by atoms with Gasteiger partial charge in [-0.2, -0.15) is 0 Å². The van der Waals surface area contributed by atoms with Crippen molar-refractivity contribution in [2.24, 2.45) is 0 Å². The lowest BCUT2D eigenvalue weighted by molar-refractivity contribution is 1.22. The molecule has 13 heteroatoms. The molecule has 0 bridgehead atoms. The number of rotatable bonds is 10. The van der Waals surface area contributed by atoms with Crippen molar-refractivity contribution >= 4 is 306 Å². The zero-order chi connectivity index (χ0) is 78.8. The molecule has 27 rings (SSSR count). The van der Waals surface area contributed by atoms with Gasteiger partial charge in [0.1, 0.15) is 0 Å². The van der Waals surface area contributed by atoms with Crippen molar-refractivity contribution in [3.8, 4) is 0 Å². The van der Waals surface area contributed by atoms with Crippen LogP contribution < -0.4 is 62.2 Å². The predicted molar refractivity (Wildman–Crippen MR) is 528 cm³/mol. The average Bonchev–Trinajstić information content (AvgIpc) is 1.18. The fourth-order valence-corrected chi connectivity index (χ4v) is 26.6. The van der Waals surface area contributed by atoms with E-state index in [4.69, 9.17) is 0 Å². The van der Waals surface area contributed by atoms with Gasteiger partial charge in [0.15, 0.2) is 0 Å². The molecule has 0 amide bonds. The first-order valence-electron chi connectivity index (χ1n) is 41.3. The molecule has 0 unspecified atom stereocenters. The second-order valence-electron chi connectivity index (χ2n) is 32.0. The second kappa shape index (κ2) is 26.2. The molecule has 0 aliphatic carbocycles. The first-order chi connectivity index (χ1) is 60.1. The molecule has 0 N–H and O–H groups in total. The van der Waals surface area contributed by atoms with E-state index in [1.54, 1.807) is 0 Å². The van der Waals surface area contributed by atoms with Gasteiger partial charge >= 0.3 is 0 Å². The van der Waals surface area contributed by atoms with E-state index in [0.717, 1.165) is 102 Å². The Hall–Kier alpha value is -14.0. The van der Waals surface area contributed by atoms with E-state index < -0.39 is 0 Å². The summed E-state index contributed by atoms with van der Waals surface area (Å²) < 4.78 is 12.5. The lowest BCUT2D eigenvalue weighted by Gasteiger charge is -2.48. The van der Waals surface area contributed by atoms with Gasteiger partial charge in [0, 0.05) is 159 Å². The first-order valence-corrected chi connectivity index (χ1v) is 45.3. The van der Waals surface area contributed by atoms with Gasteiger partial charge in [0.2, 0.25) is 0 Å². The summed E-state index contributed by atoms with van der Waals surface area (Å²) in [4.78, 5) is 15.9. The molecule has 0 saturated heterocycles. The minimum atomic E-state index is -0.290. The minimum absolute atomic E-state index is 0.279. The van der Waals surface area contributed by atoms with Gasteiger partial charge in [0.05, 0.1) is 44.5 Å². The summed E-state index contributed by atoms with van der Waals surface area (Å²) in [6, 6.07) is 148. The van der Waals surface area contributed by atoms with Crippen molar-refractivity contribution in [3.05, 3.63) is 388 Å². The maximum Gasteiger partial charge on any atom is 0.252 e. The van der Waals surface area contributed by atoms with Crippen molar-refractivity contribution in [1.82, 2.24) is 0 Å². The maximum absolute atomic E-state index is 2.75. The summed E-state index contributed by atoms with van der Waals surface area (Å²) in [5.41, 5.74) is 27.5. The Balaban J connectivity index is 0.818. The van der Waals surface area contributed by atoms with E-state index >= 15 is 0 Å². The average molecular weight is 1630 g/mol. The lowest BCUT2D eigenvalue weighted by atomic mass is 9.30. The molecule has 0 atom stereocenters. The van der Waals surface area contributed by atoms with Gasteiger partial charge in [-0.3, -0.25) is 0 Å². The minimum Gasteiger partial charge on any atom is -0.311 e. The van der Waals surface area contributed by atoms with Crippen LogP contribution in [0.3, 0.4) is 0 Å². The summed E-state index contributed by atoms with van der Waals surface area (Å²) in [6.45, 7) is -0.569. The normalized spacial score (nSPS) is 13.2. The Morgan fingerprint density at radius 2 is 0.471 bits per heavy atom. The molecule has 4 aliphatic rings. The fraction of sp³-hybridized carbons (Fsp3) is 0. The van der Waals surface area contributed by atoms with E-state index in [2.05, 4.69) is 418 Å². The molecule has 0 saturated carbocycles. The van der Waals surface area contributed by atoms with Crippen LogP contribution in [0.15, 0.2) is 388 Å². The van der Waals surface area contributed by atoms with Crippen LogP contribution in [-0.4, -0.2) is 13.4 Å². The predicted octanol–water partition coefficient (Wildman–Crippen LogP) is 28.6. The summed E-state index contributed by atoms with van der Waals surface area (Å²) in [6.07, 6.45) is 0. The fourth-order valence-electron chi connectivity index (χ4n) is 20.9. The number of anilines is 18. The number of fused-ring (bicyclic) bond motifs is 23. The molecule has 23 aromatic rings. The molecule has 6 nitrogen and oxygen atoms in total.